The van der Waals surface area contributed by atoms with Gasteiger partial charge in [-0.25, -0.2) is 4.79 Å². The number of rotatable bonds is 6. The van der Waals surface area contributed by atoms with E-state index in [2.05, 4.69) is 0 Å². The highest BCUT2D eigenvalue weighted by Gasteiger charge is 2.24. The average molecular weight is 273 g/mol. The van der Waals surface area contributed by atoms with Crippen molar-refractivity contribution in [3.8, 4) is 0 Å². The molecule has 6 nitrogen and oxygen atoms in total. The van der Waals surface area contributed by atoms with Crippen molar-refractivity contribution >= 4 is 17.8 Å². The molecule has 0 N–H and O–H groups in total. The fourth-order valence-electron chi connectivity index (χ4n) is 1.22. The molecule has 0 unspecified atom stereocenters. The van der Waals surface area contributed by atoms with Gasteiger partial charge in [-0.3, -0.25) is 14.5 Å². The van der Waals surface area contributed by atoms with Crippen LogP contribution in [-0.2, 0) is 19.1 Å². The predicted molar refractivity (Wildman–Crippen MR) is 69.7 cm³/mol. The summed E-state index contributed by atoms with van der Waals surface area (Å²) in [6, 6.07) is 0. The second kappa shape index (κ2) is 7.76. The maximum Gasteiger partial charge on any atom is 0.410 e. The van der Waals surface area contributed by atoms with Crippen LogP contribution in [0.15, 0.2) is 0 Å². The van der Waals surface area contributed by atoms with Crippen LogP contribution in [0.3, 0.4) is 0 Å². The van der Waals surface area contributed by atoms with E-state index >= 15 is 0 Å². The lowest BCUT2D eigenvalue weighted by molar-refractivity contribution is -0.144. The molecule has 1 amide bonds. The molecule has 0 aliphatic carbocycles. The Labute approximate surface area is 114 Å². The highest BCUT2D eigenvalue weighted by Crippen LogP contribution is 2.10. The first-order valence-corrected chi connectivity index (χ1v) is 6.28. The number of carbonyl (C=O) groups excluding carboxylic acids is 3. The minimum absolute atomic E-state index is 0.0579. The number of esters is 1. The molecule has 0 bridgehead atoms. The van der Waals surface area contributed by atoms with Gasteiger partial charge in [0.1, 0.15) is 17.9 Å². The largest absolute Gasteiger partial charge is 0.465 e. The molecule has 0 atom stereocenters. The minimum atomic E-state index is -0.653. The standard InChI is InChI=1S/C13H23NO5/c1-6-18-11(16)9-14(8-7-10(2)15)12(17)19-13(3,4)5/h6-9H2,1-5H3. The molecule has 110 valence electrons. The Hall–Kier alpha value is -1.59. The Morgan fingerprint density at radius 2 is 1.74 bits per heavy atom. The third-order valence-electron chi connectivity index (χ3n) is 2.01. The number of hydrogen-bond donors (Lipinski definition) is 0. The van der Waals surface area contributed by atoms with Crippen LogP contribution in [0.25, 0.3) is 0 Å². The van der Waals surface area contributed by atoms with Crippen LogP contribution in [0.4, 0.5) is 4.79 Å². The SMILES string of the molecule is CCOC(=O)CN(CCC(C)=O)C(=O)OC(C)(C)C. The number of amides is 1. The van der Waals surface area contributed by atoms with Gasteiger partial charge >= 0.3 is 12.1 Å². The van der Waals surface area contributed by atoms with Crippen molar-refractivity contribution in [3.63, 3.8) is 0 Å². The Balaban J connectivity index is 4.60. The molecule has 6 heteroatoms. The van der Waals surface area contributed by atoms with Gasteiger partial charge in [-0.05, 0) is 34.6 Å². The number of nitrogens with zero attached hydrogens (tertiary/aromatic N) is 1. The Morgan fingerprint density at radius 1 is 1.16 bits per heavy atom. The molecule has 0 aliphatic rings. The second-order valence-electron chi connectivity index (χ2n) is 5.16. The fourth-order valence-corrected chi connectivity index (χ4v) is 1.22. The summed E-state index contributed by atoms with van der Waals surface area (Å²) in [6.07, 6.45) is -0.444. The van der Waals surface area contributed by atoms with E-state index in [0.29, 0.717) is 0 Å². The molecule has 0 spiro atoms. The van der Waals surface area contributed by atoms with E-state index in [0.717, 1.165) is 0 Å². The normalized spacial score (nSPS) is 10.8. The summed E-state index contributed by atoms with van der Waals surface area (Å²) in [5.74, 6) is -0.575. The third kappa shape index (κ3) is 9.04. The van der Waals surface area contributed by atoms with Crippen LogP contribution in [0.5, 0.6) is 0 Å². The zero-order valence-corrected chi connectivity index (χ0v) is 12.3. The summed E-state index contributed by atoms with van der Waals surface area (Å²) in [4.78, 5) is 35.5. The van der Waals surface area contributed by atoms with Crippen molar-refractivity contribution < 1.29 is 23.9 Å². The molecule has 0 aliphatic heterocycles. The van der Waals surface area contributed by atoms with Crippen LogP contribution in [0.2, 0.25) is 0 Å². The molecular weight excluding hydrogens is 250 g/mol. The topological polar surface area (TPSA) is 72.9 Å². The van der Waals surface area contributed by atoms with E-state index < -0.39 is 17.7 Å². The van der Waals surface area contributed by atoms with Gasteiger partial charge in [0, 0.05) is 13.0 Å². The van der Waals surface area contributed by atoms with Gasteiger partial charge in [0.15, 0.2) is 0 Å². The van der Waals surface area contributed by atoms with Crippen LogP contribution in [0, 0.1) is 0 Å². The van der Waals surface area contributed by atoms with E-state index in [-0.39, 0.29) is 31.9 Å². The van der Waals surface area contributed by atoms with E-state index in [9.17, 15) is 14.4 Å². The van der Waals surface area contributed by atoms with E-state index in [1.807, 2.05) is 0 Å². The lowest BCUT2D eigenvalue weighted by atomic mass is 10.2. The highest BCUT2D eigenvalue weighted by atomic mass is 16.6. The molecule has 0 aromatic rings. The molecule has 19 heavy (non-hydrogen) atoms. The van der Waals surface area contributed by atoms with E-state index in [4.69, 9.17) is 9.47 Å². The highest BCUT2D eigenvalue weighted by molar-refractivity contribution is 5.80. The van der Waals surface area contributed by atoms with Crippen LogP contribution in [0.1, 0.15) is 41.0 Å². The summed E-state index contributed by atoms with van der Waals surface area (Å²) in [5.41, 5.74) is -0.653. The van der Waals surface area contributed by atoms with Gasteiger partial charge in [0.2, 0.25) is 0 Å². The number of hydrogen-bond acceptors (Lipinski definition) is 5. The molecular formula is C13H23NO5. The Bertz CT molecular complexity index is 332. The number of Topliss-reactive ketones (excluding diaryl/α,β-unsaturated/α-hetero) is 1. The maximum absolute atomic E-state index is 11.9. The zero-order valence-electron chi connectivity index (χ0n) is 12.3. The van der Waals surface area contributed by atoms with Gasteiger partial charge < -0.3 is 9.47 Å². The predicted octanol–water partition coefficient (Wildman–Crippen LogP) is 1.77. The zero-order chi connectivity index (χ0) is 15.1. The molecule has 0 aromatic carbocycles. The van der Waals surface area contributed by atoms with Crippen molar-refractivity contribution in [3.05, 3.63) is 0 Å². The van der Waals surface area contributed by atoms with Crippen molar-refractivity contribution in [2.24, 2.45) is 0 Å². The Morgan fingerprint density at radius 3 is 2.16 bits per heavy atom. The van der Waals surface area contributed by atoms with E-state index in [1.165, 1.54) is 11.8 Å². The average Bonchev–Trinajstić information content (AvgIpc) is 2.21. The summed E-state index contributed by atoms with van der Waals surface area (Å²) in [5, 5.41) is 0. The first kappa shape index (κ1) is 17.4. The van der Waals surface area contributed by atoms with Gasteiger partial charge in [-0.1, -0.05) is 0 Å². The van der Waals surface area contributed by atoms with Crippen LogP contribution in [-0.4, -0.2) is 48.0 Å². The molecule has 0 heterocycles. The van der Waals surface area contributed by atoms with Crippen molar-refractivity contribution in [2.75, 3.05) is 19.7 Å². The fraction of sp³-hybridized carbons (Fsp3) is 0.769. The summed E-state index contributed by atoms with van der Waals surface area (Å²) >= 11 is 0. The lowest BCUT2D eigenvalue weighted by Gasteiger charge is -2.26. The quantitative estimate of drug-likeness (QED) is 0.689. The minimum Gasteiger partial charge on any atom is -0.465 e. The molecule has 0 saturated heterocycles. The van der Waals surface area contributed by atoms with Gasteiger partial charge in [-0.2, -0.15) is 0 Å². The third-order valence-corrected chi connectivity index (χ3v) is 2.01. The number of ether oxygens (including phenoxy) is 2. The van der Waals surface area contributed by atoms with Crippen LogP contribution >= 0.6 is 0 Å². The van der Waals surface area contributed by atoms with Gasteiger partial charge in [0.05, 0.1) is 6.61 Å². The molecule has 0 fully saturated rings. The van der Waals surface area contributed by atoms with Gasteiger partial charge in [0.25, 0.3) is 0 Å². The molecule has 0 aromatic heterocycles. The second-order valence-corrected chi connectivity index (χ2v) is 5.16. The van der Waals surface area contributed by atoms with E-state index in [1.54, 1.807) is 27.7 Å². The molecule has 0 rings (SSSR count). The van der Waals surface area contributed by atoms with Crippen LogP contribution < -0.4 is 0 Å². The summed E-state index contributed by atoms with van der Waals surface area (Å²) < 4.78 is 9.97. The lowest BCUT2D eigenvalue weighted by Crippen LogP contribution is -2.41. The van der Waals surface area contributed by atoms with Crippen molar-refractivity contribution in [1.29, 1.82) is 0 Å². The van der Waals surface area contributed by atoms with Crippen molar-refractivity contribution in [1.82, 2.24) is 4.90 Å². The monoisotopic (exact) mass is 273 g/mol. The smallest absolute Gasteiger partial charge is 0.410 e. The summed E-state index contributed by atoms with van der Waals surface area (Å²) in [6.45, 7) is 8.49. The first-order valence-electron chi connectivity index (χ1n) is 6.28. The van der Waals surface area contributed by atoms with Gasteiger partial charge in [-0.15, -0.1) is 0 Å². The van der Waals surface area contributed by atoms with Crippen molar-refractivity contribution in [2.45, 2.75) is 46.6 Å². The molecule has 0 radical (unpaired) electrons. The Kier molecular flexibility index (Phi) is 7.11. The first-order chi connectivity index (χ1) is 8.65. The molecule has 0 saturated carbocycles. The summed E-state index contributed by atoms with van der Waals surface area (Å²) in [7, 11) is 0. The number of ketones is 1. The maximum atomic E-state index is 11.9. The number of carbonyl (C=O) groups is 3.